The van der Waals surface area contributed by atoms with Crippen LogP contribution in [0, 0.1) is 0 Å². The summed E-state index contributed by atoms with van der Waals surface area (Å²) in [4.78, 5) is 22.3. The van der Waals surface area contributed by atoms with Crippen LogP contribution in [0.2, 0.25) is 0 Å². The smallest absolute Gasteiger partial charge is 0.227 e. The molecule has 3 nitrogen and oxygen atoms in total. The van der Waals surface area contributed by atoms with E-state index in [1.54, 1.807) is 6.92 Å². The number of ketones is 2. The fraction of sp³-hybridized carbons (Fsp3) is 0.0769. The highest BCUT2D eigenvalue weighted by Crippen LogP contribution is 2.17. The molecule has 1 N–H and O–H groups in total. The lowest BCUT2D eigenvalue weighted by Crippen LogP contribution is -2.17. The predicted molar refractivity (Wildman–Crippen MR) is 61.9 cm³/mol. The van der Waals surface area contributed by atoms with Crippen molar-refractivity contribution < 1.29 is 9.59 Å². The molecule has 0 saturated heterocycles. The third-order valence-corrected chi connectivity index (χ3v) is 2.34. The predicted octanol–water partition coefficient (Wildman–Crippen LogP) is 2.08. The summed E-state index contributed by atoms with van der Waals surface area (Å²) in [6.07, 6.45) is 2.69. The molecule has 0 aromatic heterocycles. The number of hydrogen-bond acceptors (Lipinski definition) is 3. The van der Waals surface area contributed by atoms with Crippen molar-refractivity contribution in [2.45, 2.75) is 6.92 Å². The lowest BCUT2D eigenvalue weighted by Gasteiger charge is -2.13. The molecule has 1 aromatic rings. The Morgan fingerprint density at radius 2 is 1.56 bits per heavy atom. The molecule has 1 aromatic carbocycles. The minimum absolute atomic E-state index is 0.462. The summed E-state index contributed by atoms with van der Waals surface area (Å²) < 4.78 is 0. The zero-order valence-electron chi connectivity index (χ0n) is 8.86. The molecule has 0 atom stereocenters. The Morgan fingerprint density at radius 3 is 2.25 bits per heavy atom. The molecule has 0 amide bonds. The quantitative estimate of drug-likeness (QED) is 0.604. The number of hydrogen-bond donors (Lipinski definition) is 1. The maximum Gasteiger partial charge on any atom is 0.227 e. The summed E-state index contributed by atoms with van der Waals surface area (Å²) in [5.74, 6) is -0.944. The summed E-state index contributed by atoms with van der Waals surface area (Å²) >= 11 is 0. The SMILES string of the molecule is CC1=CC(=O)C(=O)C=C1Nc1ccccc1. The van der Waals surface area contributed by atoms with Gasteiger partial charge in [-0.05, 0) is 30.7 Å². The number of rotatable bonds is 2. The molecule has 0 unspecified atom stereocenters. The third-order valence-electron chi connectivity index (χ3n) is 2.34. The second kappa shape index (κ2) is 4.14. The standard InChI is InChI=1S/C13H11NO2/c1-9-7-12(15)13(16)8-11(9)14-10-5-3-2-4-6-10/h2-8,14H,1H3. The van der Waals surface area contributed by atoms with Crippen LogP contribution in [-0.4, -0.2) is 11.6 Å². The van der Waals surface area contributed by atoms with Crippen LogP contribution in [0.25, 0.3) is 0 Å². The molecule has 2 rings (SSSR count). The monoisotopic (exact) mass is 213 g/mol. The highest BCUT2D eigenvalue weighted by Gasteiger charge is 2.17. The largest absolute Gasteiger partial charge is 0.355 e. The van der Waals surface area contributed by atoms with Crippen LogP contribution >= 0.6 is 0 Å². The van der Waals surface area contributed by atoms with Gasteiger partial charge in [0, 0.05) is 17.5 Å². The van der Waals surface area contributed by atoms with Crippen molar-refractivity contribution >= 4 is 17.3 Å². The average molecular weight is 213 g/mol. The Balaban J connectivity index is 2.23. The van der Waals surface area contributed by atoms with Gasteiger partial charge in [0.2, 0.25) is 11.6 Å². The maximum atomic E-state index is 11.2. The molecule has 0 aliphatic heterocycles. The molecule has 3 heteroatoms. The minimum atomic E-state index is -0.482. The van der Waals surface area contributed by atoms with E-state index in [0.29, 0.717) is 5.70 Å². The first-order valence-electron chi connectivity index (χ1n) is 4.97. The van der Waals surface area contributed by atoms with Crippen LogP contribution in [0.1, 0.15) is 6.92 Å². The Morgan fingerprint density at radius 1 is 0.938 bits per heavy atom. The van der Waals surface area contributed by atoms with E-state index >= 15 is 0 Å². The number of para-hydroxylation sites is 1. The molecule has 16 heavy (non-hydrogen) atoms. The minimum Gasteiger partial charge on any atom is -0.355 e. The molecule has 0 saturated carbocycles. The van der Waals surface area contributed by atoms with Crippen molar-refractivity contribution in [3.05, 3.63) is 53.8 Å². The number of benzene rings is 1. The number of nitrogens with one attached hydrogen (secondary N) is 1. The van der Waals surface area contributed by atoms with E-state index in [-0.39, 0.29) is 0 Å². The van der Waals surface area contributed by atoms with E-state index in [9.17, 15) is 9.59 Å². The van der Waals surface area contributed by atoms with Crippen molar-refractivity contribution in [1.29, 1.82) is 0 Å². The molecule has 0 bridgehead atoms. The Kier molecular flexibility index (Phi) is 2.68. The zero-order chi connectivity index (χ0) is 11.5. The first-order valence-corrected chi connectivity index (χ1v) is 4.97. The number of allylic oxidation sites excluding steroid dienone is 3. The normalized spacial score (nSPS) is 15.6. The number of carbonyl (C=O) groups is 2. The summed E-state index contributed by atoms with van der Waals surface area (Å²) in [5.41, 5.74) is 2.34. The van der Waals surface area contributed by atoms with Gasteiger partial charge in [0.15, 0.2) is 0 Å². The van der Waals surface area contributed by atoms with Gasteiger partial charge in [0.05, 0.1) is 0 Å². The molecular formula is C13H11NO2. The third kappa shape index (κ3) is 2.08. The summed E-state index contributed by atoms with van der Waals surface area (Å²) in [5, 5.41) is 3.10. The molecule has 1 aliphatic rings. The Hall–Kier alpha value is -2.16. The second-order valence-corrected chi connectivity index (χ2v) is 3.60. The van der Waals surface area contributed by atoms with E-state index in [1.807, 2.05) is 30.3 Å². The van der Waals surface area contributed by atoms with Gasteiger partial charge in [-0.2, -0.15) is 0 Å². The van der Waals surface area contributed by atoms with Gasteiger partial charge in [-0.3, -0.25) is 9.59 Å². The molecule has 1 aliphatic carbocycles. The Labute approximate surface area is 93.5 Å². The van der Waals surface area contributed by atoms with Gasteiger partial charge in [0.1, 0.15) is 0 Å². The molecule has 0 heterocycles. The van der Waals surface area contributed by atoms with E-state index in [4.69, 9.17) is 0 Å². The topological polar surface area (TPSA) is 46.2 Å². The van der Waals surface area contributed by atoms with E-state index in [1.165, 1.54) is 12.2 Å². The fourth-order valence-electron chi connectivity index (χ4n) is 1.47. The molecular weight excluding hydrogens is 202 g/mol. The van der Waals surface area contributed by atoms with E-state index < -0.39 is 11.6 Å². The lowest BCUT2D eigenvalue weighted by molar-refractivity contribution is -0.131. The van der Waals surface area contributed by atoms with Crippen molar-refractivity contribution in [3.8, 4) is 0 Å². The zero-order valence-corrected chi connectivity index (χ0v) is 8.86. The molecule has 0 radical (unpaired) electrons. The van der Waals surface area contributed by atoms with Crippen LogP contribution < -0.4 is 5.32 Å². The lowest BCUT2D eigenvalue weighted by atomic mass is 10.0. The van der Waals surface area contributed by atoms with Crippen LogP contribution in [-0.2, 0) is 9.59 Å². The van der Waals surface area contributed by atoms with Gasteiger partial charge >= 0.3 is 0 Å². The molecule has 0 spiro atoms. The van der Waals surface area contributed by atoms with Crippen LogP contribution in [0.3, 0.4) is 0 Å². The average Bonchev–Trinajstić information content (AvgIpc) is 2.27. The van der Waals surface area contributed by atoms with Crippen LogP contribution in [0.5, 0.6) is 0 Å². The molecule has 80 valence electrons. The van der Waals surface area contributed by atoms with Crippen molar-refractivity contribution in [2.75, 3.05) is 5.32 Å². The number of anilines is 1. The number of carbonyl (C=O) groups excluding carboxylic acids is 2. The van der Waals surface area contributed by atoms with Gasteiger partial charge in [0.25, 0.3) is 0 Å². The first-order chi connectivity index (χ1) is 7.66. The molecule has 0 fully saturated rings. The van der Waals surface area contributed by atoms with Crippen molar-refractivity contribution in [3.63, 3.8) is 0 Å². The Bertz CT molecular complexity index is 498. The van der Waals surface area contributed by atoms with E-state index in [2.05, 4.69) is 5.32 Å². The first kappa shape index (κ1) is 10.4. The maximum absolute atomic E-state index is 11.2. The van der Waals surface area contributed by atoms with Crippen LogP contribution in [0.4, 0.5) is 5.69 Å². The van der Waals surface area contributed by atoms with E-state index in [0.717, 1.165) is 11.3 Å². The van der Waals surface area contributed by atoms with Gasteiger partial charge in [-0.15, -0.1) is 0 Å². The van der Waals surface area contributed by atoms with Crippen molar-refractivity contribution in [1.82, 2.24) is 0 Å². The highest BCUT2D eigenvalue weighted by molar-refractivity contribution is 6.46. The summed E-state index contributed by atoms with van der Waals surface area (Å²) in [6.45, 7) is 1.80. The summed E-state index contributed by atoms with van der Waals surface area (Å²) in [6, 6.07) is 9.51. The van der Waals surface area contributed by atoms with Crippen molar-refractivity contribution in [2.24, 2.45) is 0 Å². The van der Waals surface area contributed by atoms with Crippen LogP contribution in [0.15, 0.2) is 53.8 Å². The van der Waals surface area contributed by atoms with Gasteiger partial charge < -0.3 is 5.32 Å². The fourth-order valence-corrected chi connectivity index (χ4v) is 1.47. The van der Waals surface area contributed by atoms with Gasteiger partial charge in [-0.1, -0.05) is 18.2 Å². The summed E-state index contributed by atoms with van der Waals surface area (Å²) in [7, 11) is 0. The second-order valence-electron chi connectivity index (χ2n) is 3.60. The van der Waals surface area contributed by atoms with Gasteiger partial charge in [-0.25, -0.2) is 0 Å². The highest BCUT2D eigenvalue weighted by atomic mass is 16.2.